The molecule has 0 aliphatic heterocycles. The fourth-order valence-corrected chi connectivity index (χ4v) is 4.48. The van der Waals surface area contributed by atoms with Gasteiger partial charge in [0.2, 0.25) is 0 Å². The van der Waals surface area contributed by atoms with Gasteiger partial charge in [-0.15, -0.1) is 11.3 Å². The minimum Gasteiger partial charge on any atom is -0.207 e. The van der Waals surface area contributed by atoms with Crippen LogP contribution in [-0.4, -0.2) is 0 Å². The molecule has 4 heteroatoms. The second kappa shape index (κ2) is 4.98. The number of alkyl halides is 1. The molecule has 0 amide bonds. The lowest BCUT2D eigenvalue weighted by molar-refractivity contribution is 0.625. The summed E-state index contributed by atoms with van der Waals surface area (Å²) in [5.74, 6) is -0.197. The molecule has 0 aliphatic carbocycles. The molecule has 0 spiro atoms. The first-order valence-corrected chi connectivity index (χ1v) is 7.31. The Morgan fingerprint density at radius 3 is 2.69 bits per heavy atom. The van der Waals surface area contributed by atoms with Crippen LogP contribution < -0.4 is 0 Å². The van der Waals surface area contributed by atoms with Crippen LogP contribution in [-0.2, 0) is 0 Å². The molecule has 0 saturated carbocycles. The van der Waals surface area contributed by atoms with Crippen molar-refractivity contribution in [2.24, 2.45) is 0 Å². The highest BCUT2D eigenvalue weighted by Crippen LogP contribution is 2.40. The van der Waals surface area contributed by atoms with Gasteiger partial charge in [0.1, 0.15) is 5.82 Å². The quantitative estimate of drug-likeness (QED) is 0.623. The minimum atomic E-state index is -0.197. The number of aryl methyl sites for hydroxylation is 1. The van der Waals surface area contributed by atoms with Gasteiger partial charge in [0.05, 0.1) is 4.83 Å². The van der Waals surface area contributed by atoms with Crippen molar-refractivity contribution in [3.63, 3.8) is 0 Å². The summed E-state index contributed by atoms with van der Waals surface area (Å²) in [6.07, 6.45) is 0. The minimum absolute atomic E-state index is 0.0394. The maximum absolute atomic E-state index is 13.2. The Hall–Kier alpha value is -0.190. The van der Waals surface area contributed by atoms with Crippen LogP contribution >= 0.6 is 43.2 Å². The normalized spacial score (nSPS) is 12.8. The lowest BCUT2D eigenvalue weighted by Gasteiger charge is -2.12. The van der Waals surface area contributed by atoms with E-state index in [1.807, 2.05) is 18.4 Å². The van der Waals surface area contributed by atoms with Gasteiger partial charge in [0.25, 0.3) is 0 Å². The van der Waals surface area contributed by atoms with Gasteiger partial charge in [-0.3, -0.25) is 0 Å². The summed E-state index contributed by atoms with van der Waals surface area (Å²) >= 11 is 8.77. The summed E-state index contributed by atoms with van der Waals surface area (Å²) in [7, 11) is 0. The van der Waals surface area contributed by atoms with E-state index in [4.69, 9.17) is 0 Å². The van der Waals surface area contributed by atoms with E-state index in [2.05, 4.69) is 31.9 Å². The molecule has 2 rings (SSSR count). The zero-order valence-corrected chi connectivity index (χ0v) is 12.5. The number of benzene rings is 1. The third kappa shape index (κ3) is 2.39. The van der Waals surface area contributed by atoms with Crippen molar-refractivity contribution in [2.45, 2.75) is 11.8 Å². The SMILES string of the molecule is Cc1ccc(F)cc1C(Br)c1sccc1Br. The highest BCUT2D eigenvalue weighted by molar-refractivity contribution is 9.11. The van der Waals surface area contributed by atoms with Gasteiger partial charge < -0.3 is 0 Å². The molecule has 0 fully saturated rings. The molecule has 0 nitrogen and oxygen atoms in total. The van der Waals surface area contributed by atoms with Gasteiger partial charge in [-0.1, -0.05) is 22.0 Å². The Morgan fingerprint density at radius 1 is 1.31 bits per heavy atom. The van der Waals surface area contributed by atoms with Gasteiger partial charge >= 0.3 is 0 Å². The average molecular weight is 364 g/mol. The van der Waals surface area contributed by atoms with Gasteiger partial charge in [-0.25, -0.2) is 4.39 Å². The second-order valence-corrected chi connectivity index (χ2v) is 6.21. The Kier molecular flexibility index (Phi) is 3.82. The molecule has 1 aromatic heterocycles. The zero-order chi connectivity index (χ0) is 11.7. The maximum atomic E-state index is 13.2. The predicted molar refractivity (Wildman–Crippen MR) is 73.9 cm³/mol. The van der Waals surface area contributed by atoms with Crippen molar-refractivity contribution < 1.29 is 4.39 Å². The van der Waals surface area contributed by atoms with E-state index >= 15 is 0 Å². The van der Waals surface area contributed by atoms with Crippen LogP contribution in [0.15, 0.2) is 34.1 Å². The fourth-order valence-electron chi connectivity index (χ4n) is 1.51. The Labute approximate surface area is 115 Å². The van der Waals surface area contributed by atoms with E-state index in [0.29, 0.717) is 0 Å². The second-order valence-electron chi connectivity index (χ2n) is 3.50. The number of hydrogen-bond acceptors (Lipinski definition) is 1. The molecule has 0 aliphatic rings. The lowest BCUT2D eigenvalue weighted by Crippen LogP contribution is -1.95. The number of hydrogen-bond donors (Lipinski definition) is 0. The topological polar surface area (TPSA) is 0 Å². The summed E-state index contributed by atoms with van der Waals surface area (Å²) in [4.78, 5) is 1.20. The van der Waals surface area contributed by atoms with Crippen molar-refractivity contribution in [1.29, 1.82) is 0 Å². The summed E-state index contributed by atoms with van der Waals surface area (Å²) < 4.78 is 14.3. The summed E-state index contributed by atoms with van der Waals surface area (Å²) in [5.41, 5.74) is 2.06. The molecule has 0 bridgehead atoms. The zero-order valence-electron chi connectivity index (χ0n) is 8.51. The van der Waals surface area contributed by atoms with E-state index in [0.717, 1.165) is 20.5 Å². The molecule has 0 radical (unpaired) electrons. The van der Waals surface area contributed by atoms with Crippen LogP contribution in [0.1, 0.15) is 20.8 Å². The summed E-state index contributed by atoms with van der Waals surface area (Å²) in [6, 6.07) is 6.88. The third-order valence-corrected chi connectivity index (χ3v) is 5.58. The number of halogens is 3. The fraction of sp³-hybridized carbons (Fsp3) is 0.167. The largest absolute Gasteiger partial charge is 0.207 e. The van der Waals surface area contributed by atoms with Gasteiger partial charge in [0.15, 0.2) is 0 Å². The molecule has 1 atom stereocenters. The Morgan fingerprint density at radius 2 is 2.06 bits per heavy atom. The van der Waals surface area contributed by atoms with Gasteiger partial charge in [-0.05, 0) is 57.6 Å². The van der Waals surface area contributed by atoms with Crippen molar-refractivity contribution in [3.05, 3.63) is 55.9 Å². The van der Waals surface area contributed by atoms with Crippen LogP contribution in [0.4, 0.5) is 4.39 Å². The highest BCUT2D eigenvalue weighted by atomic mass is 79.9. The first-order chi connectivity index (χ1) is 7.59. The summed E-state index contributed by atoms with van der Waals surface area (Å²) in [6.45, 7) is 1.99. The maximum Gasteiger partial charge on any atom is 0.123 e. The van der Waals surface area contributed by atoms with Crippen molar-refractivity contribution in [1.82, 2.24) is 0 Å². The van der Waals surface area contributed by atoms with E-state index in [1.165, 1.54) is 6.07 Å². The van der Waals surface area contributed by atoms with E-state index in [-0.39, 0.29) is 10.6 Å². The molecule has 16 heavy (non-hydrogen) atoms. The third-order valence-electron chi connectivity index (χ3n) is 2.39. The summed E-state index contributed by atoms with van der Waals surface area (Å²) in [5, 5.41) is 2.02. The molecule has 2 aromatic rings. The molecular formula is C12H9Br2FS. The van der Waals surface area contributed by atoms with Crippen LogP contribution in [0.3, 0.4) is 0 Å². The standard InChI is InChI=1S/C12H9Br2FS/c1-7-2-3-8(15)6-9(7)11(14)12-10(13)4-5-16-12/h2-6,11H,1H3. The molecule has 1 heterocycles. The van der Waals surface area contributed by atoms with E-state index < -0.39 is 0 Å². The first kappa shape index (κ1) is 12.3. The van der Waals surface area contributed by atoms with Crippen LogP contribution in [0.5, 0.6) is 0 Å². The molecular weight excluding hydrogens is 355 g/mol. The average Bonchev–Trinajstić information content (AvgIpc) is 2.67. The smallest absolute Gasteiger partial charge is 0.123 e. The van der Waals surface area contributed by atoms with Crippen LogP contribution in [0.25, 0.3) is 0 Å². The van der Waals surface area contributed by atoms with Gasteiger partial charge in [-0.2, -0.15) is 0 Å². The van der Waals surface area contributed by atoms with Crippen LogP contribution in [0, 0.1) is 12.7 Å². The van der Waals surface area contributed by atoms with Crippen molar-refractivity contribution in [3.8, 4) is 0 Å². The molecule has 1 aromatic carbocycles. The Bertz CT molecular complexity index is 507. The molecule has 1 unspecified atom stereocenters. The first-order valence-electron chi connectivity index (χ1n) is 4.72. The predicted octanol–water partition coefficient (Wildman–Crippen LogP) is 5.44. The van der Waals surface area contributed by atoms with E-state index in [9.17, 15) is 4.39 Å². The lowest BCUT2D eigenvalue weighted by atomic mass is 10.0. The molecule has 0 N–H and O–H groups in total. The Balaban J connectivity index is 2.45. The number of rotatable bonds is 2. The van der Waals surface area contributed by atoms with Crippen LogP contribution in [0.2, 0.25) is 0 Å². The number of thiophene rings is 1. The highest BCUT2D eigenvalue weighted by Gasteiger charge is 2.17. The van der Waals surface area contributed by atoms with Crippen molar-refractivity contribution >= 4 is 43.2 Å². The monoisotopic (exact) mass is 362 g/mol. The van der Waals surface area contributed by atoms with E-state index in [1.54, 1.807) is 23.5 Å². The molecule has 0 saturated heterocycles. The molecule has 84 valence electrons. The van der Waals surface area contributed by atoms with Crippen molar-refractivity contribution in [2.75, 3.05) is 0 Å². The van der Waals surface area contributed by atoms with Gasteiger partial charge in [0, 0.05) is 9.35 Å².